The van der Waals surface area contributed by atoms with Crippen molar-refractivity contribution in [1.82, 2.24) is 19.8 Å². The Bertz CT molecular complexity index is 800. The average molecular weight is 383 g/mol. The molecule has 0 saturated carbocycles. The predicted octanol–water partition coefficient (Wildman–Crippen LogP) is 1.44. The zero-order valence-electron chi connectivity index (χ0n) is 16.2. The van der Waals surface area contributed by atoms with Crippen LogP contribution in [0.3, 0.4) is 0 Å². The van der Waals surface area contributed by atoms with Crippen molar-refractivity contribution in [3.05, 3.63) is 47.8 Å². The van der Waals surface area contributed by atoms with Crippen LogP contribution in [0.5, 0.6) is 5.75 Å². The van der Waals surface area contributed by atoms with Crippen molar-refractivity contribution in [2.75, 3.05) is 45.2 Å². The van der Waals surface area contributed by atoms with Crippen molar-refractivity contribution in [2.24, 2.45) is 0 Å². The van der Waals surface area contributed by atoms with Crippen LogP contribution in [0.15, 0.2) is 36.7 Å². The van der Waals surface area contributed by atoms with Crippen molar-refractivity contribution in [2.45, 2.75) is 13.3 Å². The van der Waals surface area contributed by atoms with Crippen molar-refractivity contribution >= 4 is 17.8 Å². The summed E-state index contributed by atoms with van der Waals surface area (Å²) in [4.78, 5) is 35.9. The molecule has 0 bridgehead atoms. The highest BCUT2D eigenvalue weighted by molar-refractivity contribution is 5.93. The normalized spacial score (nSPS) is 13.9. The van der Waals surface area contributed by atoms with E-state index in [1.165, 1.54) is 5.56 Å². The van der Waals surface area contributed by atoms with Gasteiger partial charge in [0, 0.05) is 52.0 Å². The molecule has 2 amide bonds. The minimum atomic E-state index is -0.104. The lowest BCUT2D eigenvalue weighted by atomic mass is 10.1. The summed E-state index contributed by atoms with van der Waals surface area (Å²) in [6.07, 6.45) is 3.92. The summed E-state index contributed by atoms with van der Waals surface area (Å²) in [5, 5.41) is 3.16. The Morgan fingerprint density at radius 2 is 1.64 bits per heavy atom. The van der Waals surface area contributed by atoms with E-state index >= 15 is 0 Å². The highest BCUT2D eigenvalue weighted by Crippen LogP contribution is 2.12. The third-order valence-electron chi connectivity index (χ3n) is 4.77. The first-order valence-electron chi connectivity index (χ1n) is 9.30. The molecule has 28 heavy (non-hydrogen) atoms. The smallest absolute Gasteiger partial charge is 0.257 e. The van der Waals surface area contributed by atoms with Gasteiger partial charge in [-0.05, 0) is 24.1 Å². The van der Waals surface area contributed by atoms with Gasteiger partial charge in [-0.15, -0.1) is 0 Å². The Morgan fingerprint density at radius 3 is 2.21 bits per heavy atom. The number of benzene rings is 1. The van der Waals surface area contributed by atoms with E-state index in [-0.39, 0.29) is 11.8 Å². The Labute approximate surface area is 164 Å². The SMILES string of the molecule is COc1ccc(CCNc2ncc(C(=O)N3CCN(C(C)=O)CC3)cn2)cc1. The molecule has 1 aliphatic rings. The number of hydrogen-bond donors (Lipinski definition) is 1. The summed E-state index contributed by atoms with van der Waals surface area (Å²) in [5.41, 5.74) is 1.64. The molecular formula is C20H25N5O3. The van der Waals surface area contributed by atoms with Gasteiger partial charge in [-0.2, -0.15) is 0 Å². The number of carbonyl (C=O) groups is 2. The largest absolute Gasteiger partial charge is 0.497 e. The van der Waals surface area contributed by atoms with E-state index in [0.717, 1.165) is 12.2 Å². The topological polar surface area (TPSA) is 87.7 Å². The van der Waals surface area contributed by atoms with Gasteiger partial charge in [-0.3, -0.25) is 9.59 Å². The average Bonchev–Trinajstić information content (AvgIpc) is 2.74. The summed E-state index contributed by atoms with van der Waals surface area (Å²) >= 11 is 0. The maximum absolute atomic E-state index is 12.6. The standard InChI is InChI=1S/C20H25N5O3/c1-15(26)24-9-11-25(12-10-24)19(27)17-13-22-20(23-14-17)21-8-7-16-3-5-18(28-2)6-4-16/h3-6,13-14H,7-12H2,1-2H3,(H,21,22,23). The fourth-order valence-corrected chi connectivity index (χ4v) is 3.05. The van der Waals surface area contributed by atoms with Crippen LogP contribution >= 0.6 is 0 Å². The number of methoxy groups -OCH3 is 1. The highest BCUT2D eigenvalue weighted by Gasteiger charge is 2.23. The molecule has 0 aliphatic carbocycles. The first-order chi connectivity index (χ1) is 13.6. The van der Waals surface area contributed by atoms with E-state index in [9.17, 15) is 9.59 Å². The second kappa shape index (κ2) is 9.16. The van der Waals surface area contributed by atoms with Crippen molar-refractivity contribution in [1.29, 1.82) is 0 Å². The van der Waals surface area contributed by atoms with E-state index in [0.29, 0.717) is 44.2 Å². The van der Waals surface area contributed by atoms with E-state index < -0.39 is 0 Å². The molecule has 148 valence electrons. The molecular weight excluding hydrogens is 358 g/mol. The zero-order valence-corrected chi connectivity index (χ0v) is 16.2. The fourth-order valence-electron chi connectivity index (χ4n) is 3.05. The monoisotopic (exact) mass is 383 g/mol. The van der Waals surface area contributed by atoms with Crippen molar-refractivity contribution in [3.63, 3.8) is 0 Å². The first-order valence-corrected chi connectivity index (χ1v) is 9.30. The van der Waals surface area contributed by atoms with Crippen LogP contribution in [-0.2, 0) is 11.2 Å². The van der Waals surface area contributed by atoms with Gasteiger partial charge in [0.1, 0.15) is 5.75 Å². The molecule has 1 fully saturated rings. The minimum Gasteiger partial charge on any atom is -0.497 e. The number of aromatic nitrogens is 2. The third-order valence-corrected chi connectivity index (χ3v) is 4.77. The van der Waals surface area contributed by atoms with Gasteiger partial charge in [-0.25, -0.2) is 9.97 Å². The van der Waals surface area contributed by atoms with Gasteiger partial charge in [-0.1, -0.05) is 12.1 Å². The van der Waals surface area contributed by atoms with Crippen LogP contribution in [0.2, 0.25) is 0 Å². The Balaban J connectivity index is 1.47. The second-order valence-corrected chi connectivity index (χ2v) is 6.62. The number of rotatable bonds is 6. The molecule has 2 aromatic rings. The molecule has 1 aliphatic heterocycles. The van der Waals surface area contributed by atoms with Gasteiger partial charge in [0.15, 0.2) is 0 Å². The van der Waals surface area contributed by atoms with Gasteiger partial charge >= 0.3 is 0 Å². The number of nitrogens with one attached hydrogen (secondary N) is 1. The zero-order chi connectivity index (χ0) is 19.9. The number of nitrogens with zero attached hydrogens (tertiary/aromatic N) is 4. The molecule has 1 N–H and O–H groups in total. The number of anilines is 1. The first kappa shape index (κ1) is 19.6. The Kier molecular flexibility index (Phi) is 6.41. The minimum absolute atomic E-state index is 0.0421. The lowest BCUT2D eigenvalue weighted by molar-refractivity contribution is -0.130. The second-order valence-electron chi connectivity index (χ2n) is 6.62. The molecule has 1 aromatic carbocycles. The maximum Gasteiger partial charge on any atom is 0.257 e. The lowest BCUT2D eigenvalue weighted by Gasteiger charge is -2.34. The Morgan fingerprint density at radius 1 is 1.04 bits per heavy atom. The summed E-state index contributed by atoms with van der Waals surface area (Å²) < 4.78 is 5.15. The Hall–Kier alpha value is -3.16. The van der Waals surface area contributed by atoms with Crippen LogP contribution in [-0.4, -0.2) is 71.4 Å². The van der Waals surface area contributed by atoms with Crippen LogP contribution in [0, 0.1) is 0 Å². The van der Waals surface area contributed by atoms with Crippen LogP contribution in [0.25, 0.3) is 0 Å². The third kappa shape index (κ3) is 4.97. The molecule has 2 heterocycles. The summed E-state index contributed by atoms with van der Waals surface area (Å²) in [7, 11) is 1.65. The number of hydrogen-bond acceptors (Lipinski definition) is 6. The van der Waals surface area contributed by atoms with Gasteiger partial charge < -0.3 is 19.9 Å². The van der Waals surface area contributed by atoms with Crippen LogP contribution < -0.4 is 10.1 Å². The van der Waals surface area contributed by atoms with E-state index in [2.05, 4.69) is 15.3 Å². The lowest BCUT2D eigenvalue weighted by Crippen LogP contribution is -2.50. The van der Waals surface area contributed by atoms with Crippen LogP contribution in [0.4, 0.5) is 5.95 Å². The fraction of sp³-hybridized carbons (Fsp3) is 0.400. The summed E-state index contributed by atoms with van der Waals surface area (Å²) in [6, 6.07) is 7.91. The molecule has 1 aromatic heterocycles. The van der Waals surface area contributed by atoms with Crippen molar-refractivity contribution < 1.29 is 14.3 Å². The molecule has 8 nitrogen and oxygen atoms in total. The predicted molar refractivity (Wildman–Crippen MR) is 105 cm³/mol. The van der Waals surface area contributed by atoms with Gasteiger partial charge in [0.25, 0.3) is 5.91 Å². The number of piperazine rings is 1. The maximum atomic E-state index is 12.6. The number of ether oxygens (including phenoxy) is 1. The number of amides is 2. The summed E-state index contributed by atoms with van der Waals surface area (Å²) in [6.45, 7) is 4.42. The quantitative estimate of drug-likeness (QED) is 0.812. The number of carbonyl (C=O) groups excluding carboxylic acids is 2. The molecule has 0 unspecified atom stereocenters. The van der Waals surface area contributed by atoms with Gasteiger partial charge in [0.2, 0.25) is 11.9 Å². The molecule has 0 atom stereocenters. The van der Waals surface area contributed by atoms with E-state index in [1.54, 1.807) is 36.2 Å². The molecule has 3 rings (SSSR count). The van der Waals surface area contributed by atoms with Crippen molar-refractivity contribution in [3.8, 4) is 5.75 Å². The molecule has 8 heteroatoms. The summed E-state index contributed by atoms with van der Waals surface area (Å²) in [5.74, 6) is 1.27. The van der Waals surface area contributed by atoms with Crippen LogP contribution in [0.1, 0.15) is 22.8 Å². The van der Waals surface area contributed by atoms with E-state index in [1.807, 2.05) is 24.3 Å². The van der Waals surface area contributed by atoms with E-state index in [4.69, 9.17) is 4.74 Å². The van der Waals surface area contributed by atoms with Gasteiger partial charge in [0.05, 0.1) is 12.7 Å². The molecule has 1 saturated heterocycles. The highest BCUT2D eigenvalue weighted by atomic mass is 16.5. The molecule has 0 radical (unpaired) electrons. The molecule has 0 spiro atoms.